The van der Waals surface area contributed by atoms with Gasteiger partial charge in [-0.15, -0.1) is 0 Å². The lowest BCUT2D eigenvalue weighted by molar-refractivity contribution is 0.685. The van der Waals surface area contributed by atoms with Gasteiger partial charge in [-0.2, -0.15) is 0 Å². The van der Waals surface area contributed by atoms with Gasteiger partial charge in [-0.25, -0.2) is 0 Å². The second kappa shape index (κ2) is 5.16. The highest BCUT2D eigenvalue weighted by Crippen LogP contribution is 2.03. The molecule has 0 spiro atoms. The van der Waals surface area contributed by atoms with Gasteiger partial charge >= 0.3 is 5.12 Å². The van der Waals surface area contributed by atoms with Gasteiger partial charge in [0.2, 0.25) is 0 Å². The van der Waals surface area contributed by atoms with E-state index in [2.05, 4.69) is 6.92 Å². The molecule has 2 heteroatoms. The topological polar surface area (TPSA) is 21.4 Å². The number of unbranched alkanes of at least 4 members (excludes halogenated alkanes) is 1. The standard InChI is InChI=1S/C6H12OS/c1-3-4-5-8-6(2)7/h3-5H2,1-2H3/p+1. The summed E-state index contributed by atoms with van der Waals surface area (Å²) >= 11 is 1.53. The molecule has 0 saturated carbocycles. The lowest BCUT2D eigenvalue weighted by Crippen LogP contribution is -1.84. The largest absolute Gasteiger partial charge is 0.347 e. The first-order valence-electron chi connectivity index (χ1n) is 2.92. The minimum atomic E-state index is 0.485. The van der Waals surface area contributed by atoms with E-state index in [0.717, 1.165) is 5.75 Å². The molecular weight excluding hydrogens is 120 g/mol. The molecule has 0 unspecified atom stereocenters. The van der Waals surface area contributed by atoms with Crippen molar-refractivity contribution in [2.75, 3.05) is 5.75 Å². The predicted octanol–water partition coefficient (Wildman–Crippen LogP) is 2.04. The van der Waals surface area contributed by atoms with Crippen LogP contribution < -0.4 is 0 Å². The summed E-state index contributed by atoms with van der Waals surface area (Å²) in [6.45, 7) is 3.87. The van der Waals surface area contributed by atoms with Crippen LogP contribution in [0.2, 0.25) is 0 Å². The van der Waals surface area contributed by atoms with Crippen molar-refractivity contribution in [3.63, 3.8) is 0 Å². The quantitative estimate of drug-likeness (QED) is 0.426. The van der Waals surface area contributed by atoms with Crippen LogP contribution in [0.25, 0.3) is 0 Å². The molecule has 48 valence electrons. The Morgan fingerprint density at radius 2 is 2.25 bits per heavy atom. The fraction of sp³-hybridized carbons (Fsp3) is 0.833. The first-order valence-corrected chi connectivity index (χ1v) is 3.91. The van der Waals surface area contributed by atoms with Gasteiger partial charge in [-0.1, -0.05) is 13.3 Å². The molecule has 0 radical (unpaired) electrons. The van der Waals surface area contributed by atoms with Gasteiger partial charge in [0.1, 0.15) is 0 Å². The van der Waals surface area contributed by atoms with Crippen molar-refractivity contribution >= 4 is 16.9 Å². The monoisotopic (exact) mass is 133 g/mol. The lowest BCUT2D eigenvalue weighted by atomic mass is 10.4. The molecule has 0 rings (SSSR count). The van der Waals surface area contributed by atoms with E-state index in [4.69, 9.17) is 4.79 Å². The van der Waals surface area contributed by atoms with Gasteiger partial charge in [0.05, 0.1) is 6.92 Å². The van der Waals surface area contributed by atoms with Gasteiger partial charge in [0.25, 0.3) is 0 Å². The van der Waals surface area contributed by atoms with Crippen LogP contribution in [0.1, 0.15) is 26.7 Å². The van der Waals surface area contributed by atoms with E-state index in [0.29, 0.717) is 5.12 Å². The van der Waals surface area contributed by atoms with E-state index in [1.807, 2.05) is 0 Å². The molecule has 0 aliphatic rings. The minimum Gasteiger partial charge on any atom is -0.272 e. The Hall–Kier alpha value is 0.0200. The van der Waals surface area contributed by atoms with Crippen molar-refractivity contribution < 1.29 is 4.79 Å². The van der Waals surface area contributed by atoms with Gasteiger partial charge in [0.15, 0.2) is 0 Å². The Labute approximate surface area is 54.8 Å². The highest BCUT2D eigenvalue weighted by molar-refractivity contribution is 8.13. The van der Waals surface area contributed by atoms with Crippen molar-refractivity contribution in [2.24, 2.45) is 0 Å². The number of thioether (sulfide) groups is 1. The lowest BCUT2D eigenvalue weighted by Gasteiger charge is -1.87. The second-order valence-electron chi connectivity index (χ2n) is 1.72. The van der Waals surface area contributed by atoms with Crippen molar-refractivity contribution in [1.82, 2.24) is 0 Å². The summed E-state index contributed by atoms with van der Waals surface area (Å²) in [6.07, 6.45) is 2.41. The van der Waals surface area contributed by atoms with E-state index >= 15 is 0 Å². The molecule has 1 nitrogen and oxygen atoms in total. The summed E-state index contributed by atoms with van der Waals surface area (Å²) in [6, 6.07) is 0. The normalized spacial score (nSPS) is 9.25. The first-order chi connectivity index (χ1) is 3.77. The Morgan fingerprint density at radius 3 is 2.62 bits per heavy atom. The first kappa shape index (κ1) is 8.02. The van der Waals surface area contributed by atoms with Crippen LogP contribution in [-0.2, 0) is 0 Å². The van der Waals surface area contributed by atoms with E-state index < -0.39 is 0 Å². The molecule has 0 aromatic rings. The second-order valence-corrected chi connectivity index (χ2v) is 3.01. The third-order valence-corrected chi connectivity index (χ3v) is 1.72. The van der Waals surface area contributed by atoms with Gasteiger partial charge in [0, 0.05) is 5.75 Å². The van der Waals surface area contributed by atoms with Gasteiger partial charge < -0.3 is 0 Å². The third-order valence-electron chi connectivity index (χ3n) is 0.809. The zero-order chi connectivity index (χ0) is 6.41. The number of rotatable bonds is 3. The molecule has 0 aliphatic carbocycles. The predicted molar refractivity (Wildman–Crippen MR) is 40.0 cm³/mol. The maximum atomic E-state index is 8.66. The van der Waals surface area contributed by atoms with Crippen molar-refractivity contribution in [1.29, 1.82) is 0 Å². The molecule has 0 atom stereocenters. The van der Waals surface area contributed by atoms with Crippen molar-refractivity contribution in [2.45, 2.75) is 26.7 Å². The SMILES string of the molecule is CCCCSC(C)=[OH+]. The molecule has 0 bridgehead atoms. The molecule has 0 saturated heterocycles. The van der Waals surface area contributed by atoms with Crippen LogP contribution in [0.3, 0.4) is 0 Å². The summed E-state index contributed by atoms with van der Waals surface area (Å²) in [5.74, 6) is 1.05. The summed E-state index contributed by atoms with van der Waals surface area (Å²) < 4.78 is 0. The summed E-state index contributed by atoms with van der Waals surface area (Å²) in [5.41, 5.74) is 0. The zero-order valence-corrected chi connectivity index (χ0v) is 6.29. The molecule has 0 aromatic carbocycles. The number of hydrogen-bond acceptors (Lipinski definition) is 1. The smallest absolute Gasteiger partial charge is 0.272 e. The average Bonchev–Trinajstić information content (AvgIpc) is 1.66. The van der Waals surface area contributed by atoms with Crippen molar-refractivity contribution in [3.05, 3.63) is 0 Å². The Balaban J connectivity index is 2.82. The van der Waals surface area contributed by atoms with Gasteiger partial charge in [-0.3, -0.25) is 4.79 Å². The van der Waals surface area contributed by atoms with Crippen LogP contribution in [0.15, 0.2) is 0 Å². The van der Waals surface area contributed by atoms with Crippen LogP contribution >= 0.6 is 11.8 Å². The van der Waals surface area contributed by atoms with Crippen LogP contribution in [0.5, 0.6) is 0 Å². The Bertz CT molecular complexity index is 70.9. The van der Waals surface area contributed by atoms with E-state index in [1.165, 1.54) is 24.6 Å². The van der Waals surface area contributed by atoms with E-state index in [9.17, 15) is 0 Å². The molecule has 0 fully saturated rings. The molecule has 8 heavy (non-hydrogen) atoms. The van der Waals surface area contributed by atoms with E-state index in [1.54, 1.807) is 6.92 Å². The summed E-state index contributed by atoms with van der Waals surface area (Å²) in [5, 5.41) is 0.485. The minimum absolute atomic E-state index is 0.485. The Morgan fingerprint density at radius 1 is 1.62 bits per heavy atom. The number of hydrogen-bond donors (Lipinski definition) is 0. The molecule has 0 aromatic heterocycles. The highest BCUT2D eigenvalue weighted by atomic mass is 32.2. The van der Waals surface area contributed by atoms with Crippen LogP contribution in [-0.4, -0.2) is 15.7 Å². The zero-order valence-electron chi connectivity index (χ0n) is 5.48. The average molecular weight is 133 g/mol. The molecular formula is C6H13OS+. The fourth-order valence-electron chi connectivity index (χ4n) is 0.364. The summed E-state index contributed by atoms with van der Waals surface area (Å²) in [7, 11) is 0. The maximum absolute atomic E-state index is 8.66. The molecule has 0 heterocycles. The van der Waals surface area contributed by atoms with E-state index in [-0.39, 0.29) is 0 Å². The van der Waals surface area contributed by atoms with Crippen LogP contribution in [0.4, 0.5) is 0 Å². The summed E-state index contributed by atoms with van der Waals surface area (Å²) in [4.78, 5) is 8.66. The maximum Gasteiger partial charge on any atom is 0.347 e. The molecule has 0 aliphatic heterocycles. The van der Waals surface area contributed by atoms with Crippen molar-refractivity contribution in [3.8, 4) is 0 Å². The molecule has 1 N–H and O–H groups in total. The van der Waals surface area contributed by atoms with Gasteiger partial charge in [-0.05, 0) is 18.2 Å². The third kappa shape index (κ3) is 6.02. The fourth-order valence-corrected chi connectivity index (χ4v) is 1.09. The Kier molecular flexibility index (Phi) is 5.18. The highest BCUT2D eigenvalue weighted by Gasteiger charge is 1.96. The number of carbonyl (C=O) groups excluding carboxylic acids is 1. The van der Waals surface area contributed by atoms with Crippen LogP contribution in [0, 0.1) is 0 Å². The molecule has 0 amide bonds.